The van der Waals surface area contributed by atoms with Crippen molar-refractivity contribution in [3.63, 3.8) is 0 Å². The van der Waals surface area contributed by atoms with Gasteiger partial charge in [0.1, 0.15) is 0 Å². The first-order valence-electron chi connectivity index (χ1n) is 2.92. The Morgan fingerprint density at radius 2 is 0.636 bits per heavy atom. The predicted octanol–water partition coefficient (Wildman–Crippen LogP) is -8.20. The van der Waals surface area contributed by atoms with Crippen LogP contribution in [0.1, 0.15) is 0 Å². The number of hydrogen-bond acceptors (Lipinski definition) is 14. The van der Waals surface area contributed by atoms with E-state index < -0.39 is 31.3 Å². The number of rotatable bonds is 4. The zero-order valence-electron chi connectivity index (χ0n) is 10.3. The van der Waals surface area contributed by atoms with Gasteiger partial charge in [0.15, 0.2) is 0 Å². The van der Waals surface area contributed by atoms with E-state index in [0.29, 0.717) is 0 Å². The molecule has 0 heterocycles. The van der Waals surface area contributed by atoms with Crippen LogP contribution in [-0.2, 0) is 26.9 Å². The second-order valence-corrected chi connectivity index (χ2v) is 6.84. The van der Waals surface area contributed by atoms with Crippen LogP contribution >= 0.6 is 31.3 Å². The van der Waals surface area contributed by atoms with Crippen LogP contribution in [0.3, 0.4) is 0 Å². The van der Waals surface area contributed by atoms with E-state index in [1.807, 2.05) is 0 Å². The van der Waals surface area contributed by atoms with Crippen molar-refractivity contribution in [2.75, 3.05) is 0 Å². The Kier molecular flexibility index (Phi) is 33.2. The zero-order chi connectivity index (χ0) is 15.4. The molecule has 0 N–H and O–H groups in total. The molecule has 22 heavy (non-hydrogen) atoms. The van der Waals surface area contributed by atoms with Gasteiger partial charge in [-0.15, -0.1) is 0 Å². The molecule has 0 aliphatic heterocycles. The Balaban J connectivity index is -0.0000000492. The Bertz CT molecular complexity index is 360. The summed E-state index contributed by atoms with van der Waals surface area (Å²) < 4.78 is 42.3. The fourth-order valence-corrected chi connectivity index (χ4v) is 2.20. The van der Waals surface area contributed by atoms with Gasteiger partial charge >= 0.3 is 155 Å². The average Bonchev–Trinajstić information content (AvgIpc) is 1.64. The quantitative estimate of drug-likeness (QED) is 0.205. The van der Waals surface area contributed by atoms with Gasteiger partial charge in [0, 0.05) is 0 Å². The molecule has 112 valence electrons. The molecule has 0 aromatic heterocycles. The Hall–Kier alpha value is 5.60. The first-order chi connectivity index (χ1) is 7.41. The van der Waals surface area contributed by atoms with E-state index in [1.54, 1.807) is 0 Å². The normalized spacial score (nSPS) is 11.3. The predicted molar refractivity (Wildman–Crippen MR) is 55.6 cm³/mol. The van der Waals surface area contributed by atoms with Gasteiger partial charge in [0.2, 0.25) is 0 Å². The van der Waals surface area contributed by atoms with E-state index in [4.69, 9.17) is 0 Å². The molecule has 0 saturated carbocycles. The summed E-state index contributed by atoms with van der Waals surface area (Å²) in [5.41, 5.74) is 0. The van der Waals surface area contributed by atoms with Crippen molar-refractivity contribution >= 4 is 186 Å². The molecule has 0 bridgehead atoms. The molecule has 0 amide bonds. The fraction of sp³-hybridized carbons (Fsp3) is 0. The Morgan fingerprint density at radius 1 is 0.545 bits per heavy atom. The van der Waals surface area contributed by atoms with Gasteiger partial charge < -0.3 is 66.0 Å². The molecule has 0 saturated heterocycles. The topological polar surface area (TPSA) is 271 Å². The molecule has 0 unspecified atom stereocenters. The van der Waals surface area contributed by atoms with Crippen LogP contribution < -0.4 is 39.1 Å². The zero-order valence-corrected chi connectivity index (χ0v) is 25.4. The molecule has 0 fully saturated rings. The van der Waals surface area contributed by atoms with Gasteiger partial charge in [-0.25, -0.2) is 0 Å². The van der Waals surface area contributed by atoms with Crippen LogP contribution in [-0.4, -0.2) is 155 Å². The molecular formula is BaCaMgO14P4Sr. The third kappa shape index (κ3) is 50.0. The first kappa shape index (κ1) is 41.9. The van der Waals surface area contributed by atoms with Gasteiger partial charge in [-0.1, -0.05) is 0 Å². The molecule has 14 nitrogen and oxygen atoms in total. The van der Waals surface area contributed by atoms with Crippen LogP contribution in [0.15, 0.2) is 0 Å². The maximum absolute atomic E-state index is 9.32. The summed E-state index contributed by atoms with van der Waals surface area (Å²) in [6.07, 6.45) is 0. The molecule has 0 atom stereocenters. The fourth-order valence-electron chi connectivity index (χ4n) is 0.245. The summed E-state index contributed by atoms with van der Waals surface area (Å²) in [6, 6.07) is 0. The average molecular weight is 637 g/mol. The van der Waals surface area contributed by atoms with Crippen molar-refractivity contribution in [3.05, 3.63) is 0 Å². The van der Waals surface area contributed by atoms with E-state index in [1.165, 1.54) is 0 Å². The van der Waals surface area contributed by atoms with Crippen LogP contribution in [0.2, 0.25) is 0 Å². The Labute approximate surface area is 247 Å². The van der Waals surface area contributed by atoms with Gasteiger partial charge in [-0.3, -0.25) is 0 Å². The maximum Gasteiger partial charge on any atom is 2.00 e. The third-order valence-electron chi connectivity index (χ3n) is 0.400. The summed E-state index contributed by atoms with van der Waals surface area (Å²) in [5, 5.41) is 0. The van der Waals surface area contributed by atoms with Crippen molar-refractivity contribution in [1.29, 1.82) is 0 Å². The summed E-state index contributed by atoms with van der Waals surface area (Å²) in [7, 11) is -22.7. The van der Waals surface area contributed by atoms with Crippen LogP contribution in [0.25, 0.3) is 0 Å². The van der Waals surface area contributed by atoms with E-state index in [0.717, 1.165) is 0 Å². The summed E-state index contributed by atoms with van der Waals surface area (Å²) >= 11 is 0. The van der Waals surface area contributed by atoms with Gasteiger partial charge in [-0.05, 0) is 0 Å². The van der Waals surface area contributed by atoms with Crippen LogP contribution in [0, 0.1) is 0 Å². The van der Waals surface area contributed by atoms with E-state index in [2.05, 4.69) is 8.62 Å². The Morgan fingerprint density at radius 3 is 0.636 bits per heavy atom. The minimum absolute atomic E-state index is 0. The molecule has 0 aromatic rings. The molecule has 0 aliphatic carbocycles. The molecule has 0 rings (SSSR count). The summed E-state index contributed by atoms with van der Waals surface area (Å²) in [5.74, 6) is 0. The minimum Gasteiger partial charge on any atom is -0.790 e. The van der Waals surface area contributed by atoms with Crippen molar-refractivity contribution in [2.45, 2.75) is 0 Å². The first-order valence-corrected chi connectivity index (χ1v) is 8.76. The van der Waals surface area contributed by atoms with Crippen LogP contribution in [0.5, 0.6) is 0 Å². The van der Waals surface area contributed by atoms with Crippen molar-refractivity contribution in [1.82, 2.24) is 0 Å². The molecule has 0 aliphatic rings. The van der Waals surface area contributed by atoms with Gasteiger partial charge in [-0.2, -0.15) is 0 Å². The van der Waals surface area contributed by atoms with Crippen molar-refractivity contribution in [3.8, 4) is 0 Å². The van der Waals surface area contributed by atoms with E-state index >= 15 is 0 Å². The van der Waals surface area contributed by atoms with Crippen molar-refractivity contribution in [2.24, 2.45) is 0 Å². The SMILES string of the molecule is O=P([O-])([O-])OP(=O)([O-])[O-].O=P([O-])([O-])OP(=O)([O-])[O-].[Ba+2].[Ca+2].[Mg+2].[Sr+2]. The molecule has 0 spiro atoms. The standard InChI is InChI=1S/Ba.Ca.Mg.2H4O7P2.Sr/c;;;2*1-8(2,3)7-9(4,5)6;/h;;;2*(H2,1,2,3)(H2,4,5,6);/q3*+2;;;+2/p-8. The third-order valence-corrected chi connectivity index (χ3v) is 3.60. The molecule has 0 radical (unpaired) electrons. The second kappa shape index (κ2) is 17.5. The smallest absolute Gasteiger partial charge is 0.790 e. The number of phosphoric acid groups is 4. The monoisotopic (exact) mass is 638 g/mol. The van der Waals surface area contributed by atoms with E-state index in [-0.39, 0.29) is 155 Å². The maximum atomic E-state index is 9.32. The molecular weight excluding hydrogens is 637 g/mol. The van der Waals surface area contributed by atoms with Crippen LogP contribution in [0.4, 0.5) is 0 Å². The summed E-state index contributed by atoms with van der Waals surface area (Å²) in [6.45, 7) is 0. The number of hydrogen-bond donors (Lipinski definition) is 0. The van der Waals surface area contributed by atoms with Gasteiger partial charge in [0.05, 0.1) is 31.3 Å². The van der Waals surface area contributed by atoms with Crippen molar-refractivity contribution < 1.29 is 66.0 Å². The molecule has 22 heteroatoms. The molecule has 0 aromatic carbocycles. The summed E-state index contributed by atoms with van der Waals surface area (Å²) in [4.78, 5) is 74.6. The minimum atomic E-state index is -5.68. The van der Waals surface area contributed by atoms with Gasteiger partial charge in [0.25, 0.3) is 0 Å². The largest absolute Gasteiger partial charge is 2.00 e. The van der Waals surface area contributed by atoms with E-state index in [9.17, 15) is 57.4 Å². The second-order valence-electron chi connectivity index (χ2n) is 1.95.